The standard InChI is InChI=1S/C14H14ClNO2/c1-9-6-7-10-4-3-5-11(13(10)16-9)8-12(15)14(17)18-2/h3-7,12H,8H2,1-2H3. The Morgan fingerprint density at radius 1 is 1.39 bits per heavy atom. The Kier molecular flexibility index (Phi) is 3.82. The second kappa shape index (κ2) is 5.36. The number of carbonyl (C=O) groups excluding carboxylic acids is 1. The number of fused-ring (bicyclic) bond motifs is 1. The number of methoxy groups -OCH3 is 1. The second-order valence-electron chi connectivity index (χ2n) is 4.14. The van der Waals surface area contributed by atoms with Gasteiger partial charge >= 0.3 is 5.97 Å². The molecule has 0 N–H and O–H groups in total. The van der Waals surface area contributed by atoms with Crippen molar-refractivity contribution in [2.24, 2.45) is 0 Å². The molecule has 4 heteroatoms. The first-order valence-corrected chi connectivity index (χ1v) is 6.12. The first-order chi connectivity index (χ1) is 8.61. The van der Waals surface area contributed by atoms with Gasteiger partial charge in [-0.05, 0) is 18.6 Å². The molecule has 1 aromatic carbocycles. The van der Waals surface area contributed by atoms with E-state index in [1.54, 1.807) is 0 Å². The molecule has 0 aliphatic rings. The molecule has 2 rings (SSSR count). The van der Waals surface area contributed by atoms with E-state index in [2.05, 4.69) is 9.72 Å². The zero-order valence-electron chi connectivity index (χ0n) is 10.3. The van der Waals surface area contributed by atoms with E-state index in [0.29, 0.717) is 6.42 Å². The van der Waals surface area contributed by atoms with Crippen molar-refractivity contribution in [2.45, 2.75) is 18.7 Å². The van der Waals surface area contributed by atoms with Crippen molar-refractivity contribution in [3.8, 4) is 0 Å². The van der Waals surface area contributed by atoms with Gasteiger partial charge in [-0.1, -0.05) is 24.3 Å². The largest absolute Gasteiger partial charge is 0.468 e. The van der Waals surface area contributed by atoms with E-state index in [-0.39, 0.29) is 0 Å². The van der Waals surface area contributed by atoms with Crippen LogP contribution >= 0.6 is 11.6 Å². The maximum atomic E-state index is 11.3. The molecule has 0 amide bonds. The van der Waals surface area contributed by atoms with Crippen LogP contribution in [0.25, 0.3) is 10.9 Å². The zero-order valence-corrected chi connectivity index (χ0v) is 11.1. The highest BCUT2D eigenvalue weighted by atomic mass is 35.5. The number of alkyl halides is 1. The molecule has 1 atom stereocenters. The van der Waals surface area contributed by atoms with Crippen molar-refractivity contribution in [3.63, 3.8) is 0 Å². The van der Waals surface area contributed by atoms with E-state index in [1.807, 2.05) is 37.3 Å². The number of para-hydroxylation sites is 1. The van der Waals surface area contributed by atoms with Gasteiger partial charge in [0.1, 0.15) is 5.38 Å². The van der Waals surface area contributed by atoms with Gasteiger partial charge in [0.05, 0.1) is 12.6 Å². The van der Waals surface area contributed by atoms with Crippen LogP contribution in [0.1, 0.15) is 11.3 Å². The Balaban J connectivity index is 2.38. The highest BCUT2D eigenvalue weighted by molar-refractivity contribution is 6.30. The number of halogens is 1. The monoisotopic (exact) mass is 263 g/mol. The molecule has 1 heterocycles. The number of benzene rings is 1. The van der Waals surface area contributed by atoms with Crippen molar-refractivity contribution in [1.29, 1.82) is 0 Å². The molecule has 18 heavy (non-hydrogen) atoms. The van der Waals surface area contributed by atoms with Crippen LogP contribution in [0.5, 0.6) is 0 Å². The maximum Gasteiger partial charge on any atom is 0.324 e. The van der Waals surface area contributed by atoms with Crippen molar-refractivity contribution >= 4 is 28.5 Å². The average molecular weight is 264 g/mol. The molecule has 2 aromatic rings. The molecule has 3 nitrogen and oxygen atoms in total. The summed E-state index contributed by atoms with van der Waals surface area (Å²) in [5, 5.41) is 0.370. The van der Waals surface area contributed by atoms with Crippen molar-refractivity contribution in [2.75, 3.05) is 7.11 Å². The zero-order chi connectivity index (χ0) is 13.1. The number of aromatic nitrogens is 1. The van der Waals surface area contributed by atoms with E-state index in [4.69, 9.17) is 11.6 Å². The summed E-state index contributed by atoms with van der Waals surface area (Å²) < 4.78 is 4.63. The highest BCUT2D eigenvalue weighted by Gasteiger charge is 2.17. The summed E-state index contributed by atoms with van der Waals surface area (Å²) in [6.07, 6.45) is 0.419. The molecule has 0 saturated heterocycles. The van der Waals surface area contributed by atoms with Crippen LogP contribution in [0.2, 0.25) is 0 Å². The summed E-state index contributed by atoms with van der Waals surface area (Å²) in [5.41, 5.74) is 2.80. The van der Waals surface area contributed by atoms with E-state index in [0.717, 1.165) is 22.2 Å². The molecular weight excluding hydrogens is 250 g/mol. The van der Waals surface area contributed by atoms with Crippen LogP contribution in [-0.2, 0) is 16.0 Å². The normalized spacial score (nSPS) is 12.4. The third-order valence-electron chi connectivity index (χ3n) is 2.80. The molecule has 0 bridgehead atoms. The summed E-state index contributed by atoms with van der Waals surface area (Å²) in [6.45, 7) is 1.94. The molecule has 94 valence electrons. The number of carbonyl (C=O) groups is 1. The van der Waals surface area contributed by atoms with Crippen LogP contribution in [0.15, 0.2) is 30.3 Å². The third kappa shape index (κ3) is 2.62. The highest BCUT2D eigenvalue weighted by Crippen LogP contribution is 2.20. The van der Waals surface area contributed by atoms with Crippen LogP contribution in [0, 0.1) is 6.92 Å². The molecular formula is C14H14ClNO2. The third-order valence-corrected chi connectivity index (χ3v) is 3.13. The fraction of sp³-hybridized carbons (Fsp3) is 0.286. The van der Waals surface area contributed by atoms with E-state index < -0.39 is 11.3 Å². The lowest BCUT2D eigenvalue weighted by atomic mass is 10.0. The van der Waals surface area contributed by atoms with Gasteiger partial charge in [-0.25, -0.2) is 0 Å². The number of aryl methyl sites for hydroxylation is 1. The van der Waals surface area contributed by atoms with Gasteiger partial charge in [-0.15, -0.1) is 11.6 Å². The Morgan fingerprint density at radius 2 is 2.17 bits per heavy atom. The van der Waals surface area contributed by atoms with Gasteiger partial charge in [0.2, 0.25) is 0 Å². The molecule has 0 saturated carbocycles. The van der Waals surface area contributed by atoms with Crippen molar-refractivity contribution in [1.82, 2.24) is 4.98 Å². The topological polar surface area (TPSA) is 39.2 Å². The number of hydrogen-bond acceptors (Lipinski definition) is 3. The van der Waals surface area contributed by atoms with Crippen LogP contribution in [0.4, 0.5) is 0 Å². The number of rotatable bonds is 3. The predicted octanol–water partition coefficient (Wildman–Crippen LogP) is 2.87. The minimum atomic E-state index is -0.678. The molecule has 0 fully saturated rings. The Hall–Kier alpha value is -1.61. The molecule has 0 radical (unpaired) electrons. The Labute approximate surface area is 111 Å². The Morgan fingerprint density at radius 3 is 2.89 bits per heavy atom. The number of nitrogens with zero attached hydrogens (tertiary/aromatic N) is 1. The number of esters is 1. The van der Waals surface area contributed by atoms with E-state index in [9.17, 15) is 4.79 Å². The minimum Gasteiger partial charge on any atom is -0.468 e. The lowest BCUT2D eigenvalue weighted by Gasteiger charge is -2.09. The van der Waals surface area contributed by atoms with Crippen LogP contribution in [-0.4, -0.2) is 23.4 Å². The van der Waals surface area contributed by atoms with Crippen LogP contribution in [0.3, 0.4) is 0 Å². The summed E-state index contributed by atoms with van der Waals surface area (Å²) in [6, 6.07) is 9.85. The lowest BCUT2D eigenvalue weighted by Crippen LogP contribution is -2.18. The summed E-state index contributed by atoms with van der Waals surface area (Å²) in [4.78, 5) is 15.8. The molecule has 0 spiro atoms. The predicted molar refractivity (Wildman–Crippen MR) is 71.8 cm³/mol. The molecule has 1 unspecified atom stereocenters. The second-order valence-corrected chi connectivity index (χ2v) is 4.66. The van der Waals surface area contributed by atoms with Gasteiger partial charge in [0, 0.05) is 17.5 Å². The maximum absolute atomic E-state index is 11.3. The smallest absolute Gasteiger partial charge is 0.324 e. The van der Waals surface area contributed by atoms with Gasteiger partial charge in [-0.2, -0.15) is 0 Å². The first kappa shape index (κ1) is 12.8. The van der Waals surface area contributed by atoms with E-state index in [1.165, 1.54) is 7.11 Å². The fourth-order valence-corrected chi connectivity index (χ4v) is 2.13. The fourth-order valence-electron chi connectivity index (χ4n) is 1.88. The quantitative estimate of drug-likeness (QED) is 0.631. The number of hydrogen-bond donors (Lipinski definition) is 0. The van der Waals surface area contributed by atoms with Gasteiger partial charge < -0.3 is 4.74 Å². The number of pyridine rings is 1. The summed E-state index contributed by atoms with van der Waals surface area (Å²) in [7, 11) is 1.34. The minimum absolute atomic E-state index is 0.415. The van der Waals surface area contributed by atoms with Crippen LogP contribution < -0.4 is 0 Å². The summed E-state index contributed by atoms with van der Waals surface area (Å²) in [5.74, 6) is -0.415. The molecule has 0 aliphatic heterocycles. The van der Waals surface area contributed by atoms with Crippen molar-refractivity contribution in [3.05, 3.63) is 41.6 Å². The Bertz CT molecular complexity index is 583. The molecule has 1 aromatic heterocycles. The SMILES string of the molecule is COC(=O)C(Cl)Cc1cccc2ccc(C)nc12. The average Bonchev–Trinajstić information content (AvgIpc) is 2.38. The first-order valence-electron chi connectivity index (χ1n) is 5.69. The van der Waals surface area contributed by atoms with Crippen molar-refractivity contribution < 1.29 is 9.53 Å². The molecule has 0 aliphatic carbocycles. The van der Waals surface area contributed by atoms with E-state index >= 15 is 0 Å². The van der Waals surface area contributed by atoms with Gasteiger partial charge in [-0.3, -0.25) is 9.78 Å². The number of ether oxygens (including phenoxy) is 1. The van der Waals surface area contributed by atoms with Gasteiger partial charge in [0.25, 0.3) is 0 Å². The lowest BCUT2D eigenvalue weighted by molar-refractivity contribution is -0.140. The van der Waals surface area contributed by atoms with Gasteiger partial charge in [0.15, 0.2) is 0 Å². The summed E-state index contributed by atoms with van der Waals surface area (Å²) >= 11 is 6.00.